The molecule has 0 unspecified atom stereocenters. The van der Waals surface area contributed by atoms with Gasteiger partial charge in [0.25, 0.3) is 0 Å². The first-order valence-electron chi connectivity index (χ1n) is 4.50. The van der Waals surface area contributed by atoms with Gasteiger partial charge in [0.1, 0.15) is 5.75 Å². The van der Waals surface area contributed by atoms with Gasteiger partial charge in [0, 0.05) is 5.69 Å². The molecule has 2 heteroatoms. The molecule has 0 N–H and O–H groups in total. The largest absolute Gasteiger partial charge is 0.492 e. The van der Waals surface area contributed by atoms with Crippen molar-refractivity contribution < 1.29 is 4.74 Å². The van der Waals surface area contributed by atoms with Gasteiger partial charge in [-0.15, -0.1) is 0 Å². The predicted molar refractivity (Wildman–Crippen MR) is 47.4 cm³/mol. The average molecular weight is 163 g/mol. The van der Waals surface area contributed by atoms with Crippen LogP contribution < -0.4 is 4.74 Å². The van der Waals surface area contributed by atoms with E-state index in [4.69, 9.17) is 4.74 Å². The van der Waals surface area contributed by atoms with E-state index in [1.807, 2.05) is 6.20 Å². The SMILES string of the molecule is CCc1cc2c(cn1)OCCC2. The first-order chi connectivity index (χ1) is 5.90. The first kappa shape index (κ1) is 7.59. The summed E-state index contributed by atoms with van der Waals surface area (Å²) in [4.78, 5) is 4.29. The quantitative estimate of drug-likeness (QED) is 0.631. The van der Waals surface area contributed by atoms with Crippen LogP contribution in [0.3, 0.4) is 0 Å². The number of fused-ring (bicyclic) bond motifs is 1. The monoisotopic (exact) mass is 163 g/mol. The molecular formula is C10H13NO. The third-order valence-corrected chi connectivity index (χ3v) is 2.22. The van der Waals surface area contributed by atoms with Crippen LogP contribution in [0.15, 0.2) is 12.3 Å². The molecule has 0 amide bonds. The van der Waals surface area contributed by atoms with Crippen LogP contribution in [0.25, 0.3) is 0 Å². The van der Waals surface area contributed by atoms with Gasteiger partial charge < -0.3 is 4.74 Å². The second-order valence-electron chi connectivity index (χ2n) is 3.09. The predicted octanol–water partition coefficient (Wildman–Crippen LogP) is 1.97. The van der Waals surface area contributed by atoms with Crippen molar-refractivity contribution in [1.29, 1.82) is 0 Å². The molecule has 1 aliphatic rings. The van der Waals surface area contributed by atoms with Crippen molar-refractivity contribution in [3.63, 3.8) is 0 Å². The Morgan fingerprint density at radius 1 is 1.58 bits per heavy atom. The zero-order valence-corrected chi connectivity index (χ0v) is 7.34. The summed E-state index contributed by atoms with van der Waals surface area (Å²) < 4.78 is 5.46. The van der Waals surface area contributed by atoms with Crippen molar-refractivity contribution in [2.75, 3.05) is 6.61 Å². The summed E-state index contributed by atoms with van der Waals surface area (Å²) in [6, 6.07) is 2.16. The van der Waals surface area contributed by atoms with Crippen molar-refractivity contribution >= 4 is 0 Å². The minimum absolute atomic E-state index is 0.847. The zero-order chi connectivity index (χ0) is 8.39. The Morgan fingerprint density at radius 2 is 2.50 bits per heavy atom. The molecule has 0 aliphatic carbocycles. The maximum Gasteiger partial charge on any atom is 0.140 e. The van der Waals surface area contributed by atoms with E-state index in [2.05, 4.69) is 18.0 Å². The summed E-state index contributed by atoms with van der Waals surface area (Å²) in [5.41, 5.74) is 2.49. The van der Waals surface area contributed by atoms with Crippen LogP contribution in [0.1, 0.15) is 24.6 Å². The molecule has 0 aromatic carbocycles. The Kier molecular flexibility index (Phi) is 1.98. The molecule has 1 aromatic heterocycles. The van der Waals surface area contributed by atoms with Gasteiger partial charge in [0.05, 0.1) is 12.8 Å². The highest BCUT2D eigenvalue weighted by molar-refractivity contribution is 5.33. The highest BCUT2D eigenvalue weighted by Crippen LogP contribution is 2.23. The van der Waals surface area contributed by atoms with E-state index in [-0.39, 0.29) is 0 Å². The Morgan fingerprint density at radius 3 is 3.33 bits per heavy atom. The molecule has 2 nitrogen and oxygen atoms in total. The highest BCUT2D eigenvalue weighted by atomic mass is 16.5. The molecule has 1 aliphatic heterocycles. The van der Waals surface area contributed by atoms with E-state index in [9.17, 15) is 0 Å². The molecule has 1 aromatic rings. The molecule has 64 valence electrons. The molecule has 0 spiro atoms. The van der Waals surface area contributed by atoms with E-state index >= 15 is 0 Å². The Hall–Kier alpha value is -1.05. The van der Waals surface area contributed by atoms with Gasteiger partial charge in [-0.1, -0.05) is 6.92 Å². The summed E-state index contributed by atoms with van der Waals surface area (Å²) in [5.74, 6) is 0.985. The Bertz CT molecular complexity index is 283. The van der Waals surface area contributed by atoms with Gasteiger partial charge in [-0.25, -0.2) is 0 Å². The zero-order valence-electron chi connectivity index (χ0n) is 7.34. The standard InChI is InChI=1S/C10H13NO/c1-2-9-6-8-4-3-5-12-10(8)7-11-9/h6-7H,2-5H2,1H3. The summed E-state index contributed by atoms with van der Waals surface area (Å²) in [6.45, 7) is 2.97. The lowest BCUT2D eigenvalue weighted by Crippen LogP contribution is -2.09. The molecule has 2 heterocycles. The van der Waals surface area contributed by atoms with Crippen LogP contribution in [0, 0.1) is 0 Å². The number of pyridine rings is 1. The minimum atomic E-state index is 0.847. The molecular weight excluding hydrogens is 150 g/mol. The van der Waals surface area contributed by atoms with Crippen LogP contribution in [-0.4, -0.2) is 11.6 Å². The van der Waals surface area contributed by atoms with Gasteiger partial charge in [-0.05, 0) is 30.9 Å². The minimum Gasteiger partial charge on any atom is -0.492 e. The molecule has 12 heavy (non-hydrogen) atoms. The van der Waals surface area contributed by atoms with Crippen LogP contribution in [0.5, 0.6) is 5.75 Å². The third-order valence-electron chi connectivity index (χ3n) is 2.22. The maximum atomic E-state index is 5.46. The summed E-state index contributed by atoms with van der Waals surface area (Å²) in [5, 5.41) is 0. The van der Waals surface area contributed by atoms with Crippen LogP contribution in [-0.2, 0) is 12.8 Å². The molecule has 0 fully saturated rings. The van der Waals surface area contributed by atoms with Crippen molar-refractivity contribution in [2.45, 2.75) is 26.2 Å². The van der Waals surface area contributed by atoms with E-state index < -0.39 is 0 Å². The number of aryl methyl sites for hydroxylation is 2. The Balaban J connectivity index is 2.36. The van der Waals surface area contributed by atoms with Crippen molar-refractivity contribution in [3.05, 3.63) is 23.5 Å². The molecule has 0 atom stereocenters. The van der Waals surface area contributed by atoms with E-state index in [0.717, 1.165) is 31.6 Å². The van der Waals surface area contributed by atoms with Crippen LogP contribution >= 0.6 is 0 Å². The fourth-order valence-electron chi connectivity index (χ4n) is 1.50. The van der Waals surface area contributed by atoms with Crippen molar-refractivity contribution in [2.24, 2.45) is 0 Å². The first-order valence-corrected chi connectivity index (χ1v) is 4.50. The summed E-state index contributed by atoms with van der Waals surface area (Å²) in [6.07, 6.45) is 5.14. The molecule has 0 saturated carbocycles. The number of rotatable bonds is 1. The summed E-state index contributed by atoms with van der Waals surface area (Å²) in [7, 11) is 0. The van der Waals surface area contributed by atoms with Crippen molar-refractivity contribution in [3.8, 4) is 5.75 Å². The third kappa shape index (κ3) is 1.29. The second-order valence-corrected chi connectivity index (χ2v) is 3.09. The van der Waals surface area contributed by atoms with Gasteiger partial charge in [0.15, 0.2) is 0 Å². The number of nitrogens with zero attached hydrogens (tertiary/aromatic N) is 1. The average Bonchev–Trinajstić information content (AvgIpc) is 2.17. The number of ether oxygens (including phenoxy) is 1. The Labute approximate surface area is 72.6 Å². The van der Waals surface area contributed by atoms with Gasteiger partial charge in [0.2, 0.25) is 0 Å². The van der Waals surface area contributed by atoms with E-state index in [0.29, 0.717) is 0 Å². The number of hydrogen-bond donors (Lipinski definition) is 0. The maximum absolute atomic E-state index is 5.46. The fraction of sp³-hybridized carbons (Fsp3) is 0.500. The van der Waals surface area contributed by atoms with Gasteiger partial charge in [-0.2, -0.15) is 0 Å². The van der Waals surface area contributed by atoms with E-state index in [1.54, 1.807) is 0 Å². The van der Waals surface area contributed by atoms with Crippen LogP contribution in [0.2, 0.25) is 0 Å². The van der Waals surface area contributed by atoms with E-state index in [1.165, 1.54) is 11.3 Å². The van der Waals surface area contributed by atoms with Gasteiger partial charge >= 0.3 is 0 Å². The molecule has 0 saturated heterocycles. The number of hydrogen-bond acceptors (Lipinski definition) is 2. The van der Waals surface area contributed by atoms with Gasteiger partial charge in [-0.3, -0.25) is 4.98 Å². The lowest BCUT2D eigenvalue weighted by atomic mass is 10.1. The highest BCUT2D eigenvalue weighted by Gasteiger charge is 2.10. The lowest BCUT2D eigenvalue weighted by Gasteiger charge is -2.16. The molecule has 0 bridgehead atoms. The fourth-order valence-corrected chi connectivity index (χ4v) is 1.50. The lowest BCUT2D eigenvalue weighted by molar-refractivity contribution is 0.287. The summed E-state index contributed by atoms with van der Waals surface area (Å²) >= 11 is 0. The van der Waals surface area contributed by atoms with Crippen LogP contribution in [0.4, 0.5) is 0 Å². The molecule has 2 rings (SSSR count). The molecule has 0 radical (unpaired) electrons. The normalized spacial score (nSPS) is 15.1. The smallest absolute Gasteiger partial charge is 0.140 e. The second kappa shape index (κ2) is 3.13. The number of aromatic nitrogens is 1. The topological polar surface area (TPSA) is 22.1 Å². The van der Waals surface area contributed by atoms with Crippen molar-refractivity contribution in [1.82, 2.24) is 4.98 Å².